The van der Waals surface area contributed by atoms with Crippen LogP contribution in [0.1, 0.15) is 44.7 Å². The van der Waals surface area contributed by atoms with Crippen molar-refractivity contribution < 1.29 is 24.2 Å². The van der Waals surface area contributed by atoms with Gasteiger partial charge in [0.25, 0.3) is 11.5 Å². The van der Waals surface area contributed by atoms with Gasteiger partial charge in [0.05, 0.1) is 36.7 Å². The Labute approximate surface area is 270 Å². The Hall–Kier alpha value is -5.28. The van der Waals surface area contributed by atoms with Crippen LogP contribution < -0.4 is 19.9 Å². The average molecular weight is 666 g/mol. The van der Waals surface area contributed by atoms with Crippen molar-refractivity contribution >= 4 is 40.8 Å². The summed E-state index contributed by atoms with van der Waals surface area (Å²) < 4.78 is 15.3. The first kappa shape index (κ1) is 30.7. The Bertz CT molecular complexity index is 2040. The first-order valence-corrected chi connectivity index (χ1v) is 14.5. The van der Waals surface area contributed by atoms with Crippen LogP contribution in [0.25, 0.3) is 11.4 Å². The lowest BCUT2D eigenvalue weighted by atomic mass is 10.0. The highest BCUT2D eigenvalue weighted by Crippen LogP contribution is 2.44. The van der Waals surface area contributed by atoms with Crippen molar-refractivity contribution in [3.8, 4) is 23.3 Å². The summed E-state index contributed by atoms with van der Waals surface area (Å²) in [6, 6.07) is 7.64. The van der Waals surface area contributed by atoms with Gasteiger partial charge in [0.15, 0.2) is 11.4 Å². The van der Waals surface area contributed by atoms with Crippen LogP contribution in [-0.2, 0) is 20.1 Å². The molecule has 1 unspecified atom stereocenters. The second-order valence-corrected chi connectivity index (χ2v) is 11.1. The van der Waals surface area contributed by atoms with Gasteiger partial charge in [-0.05, 0) is 30.2 Å². The molecule has 5 aromatic rings. The molecule has 1 aliphatic heterocycles. The van der Waals surface area contributed by atoms with E-state index in [1.807, 2.05) is 4.57 Å². The first-order chi connectivity index (χ1) is 22.1. The van der Waals surface area contributed by atoms with E-state index in [4.69, 9.17) is 37.7 Å². The molecule has 0 spiro atoms. The number of anilines is 1. The molecule has 1 aromatic carbocycles. The summed E-state index contributed by atoms with van der Waals surface area (Å²) in [6.45, 7) is 0.564. The van der Waals surface area contributed by atoms with Crippen molar-refractivity contribution in [2.75, 3.05) is 19.1 Å². The molecule has 0 saturated heterocycles. The van der Waals surface area contributed by atoms with E-state index in [0.717, 1.165) is 0 Å². The van der Waals surface area contributed by atoms with Gasteiger partial charge >= 0.3 is 12.0 Å². The fraction of sp³-hybridized carbons (Fsp3) is 0.241. The lowest BCUT2D eigenvalue weighted by Gasteiger charge is -2.27. The minimum Gasteiger partial charge on any atom is -0.480 e. The number of fused-ring (bicyclic) bond motifs is 1. The van der Waals surface area contributed by atoms with Gasteiger partial charge in [0, 0.05) is 37.6 Å². The summed E-state index contributed by atoms with van der Waals surface area (Å²) in [5, 5.41) is 17.6. The van der Waals surface area contributed by atoms with Gasteiger partial charge in [-0.15, -0.1) is 5.10 Å². The molecule has 1 aliphatic rings. The van der Waals surface area contributed by atoms with Gasteiger partial charge < -0.3 is 23.7 Å². The predicted molar refractivity (Wildman–Crippen MR) is 165 cm³/mol. The Morgan fingerprint density at radius 3 is 2.46 bits per heavy atom. The van der Waals surface area contributed by atoms with E-state index in [1.54, 1.807) is 31.3 Å². The van der Waals surface area contributed by atoms with Gasteiger partial charge in [-0.2, -0.15) is 4.98 Å². The molecule has 0 radical (unpaired) electrons. The molecular formula is C29H25Cl2N9O6. The second kappa shape index (κ2) is 12.3. The van der Waals surface area contributed by atoms with Crippen LogP contribution in [0.2, 0.25) is 10.0 Å². The van der Waals surface area contributed by atoms with Crippen molar-refractivity contribution in [1.82, 2.24) is 39.1 Å². The summed E-state index contributed by atoms with van der Waals surface area (Å²) in [5.41, 5.74) is 1.10. The predicted octanol–water partition coefficient (Wildman–Crippen LogP) is 3.49. The average Bonchev–Trinajstić information content (AvgIpc) is 3.74. The number of methoxy groups -OCH3 is 2. The molecule has 0 saturated carbocycles. The number of carbonyl (C=O) groups excluding carboxylic acids is 1. The number of aromatic nitrogens is 8. The molecule has 5 heterocycles. The molecule has 1 amide bonds. The summed E-state index contributed by atoms with van der Waals surface area (Å²) in [6.07, 6.45) is 4.70. The van der Waals surface area contributed by atoms with Crippen molar-refractivity contribution in [3.05, 3.63) is 92.0 Å². The monoisotopic (exact) mass is 665 g/mol. The molecule has 15 nitrogen and oxygen atoms in total. The van der Waals surface area contributed by atoms with Gasteiger partial charge in [-0.1, -0.05) is 40.5 Å². The van der Waals surface area contributed by atoms with E-state index in [0.29, 0.717) is 40.6 Å². The SMILES string of the molecule is COc1ncc(-c2nc3c(n2CCCn2cc(C(=O)O)nn2)C(c2ccc(Cl)cc2)N(c2cc(Cl)cn(C)c2=O)C3=O)c(OC)n1. The number of imidazole rings is 1. The number of benzene rings is 1. The standard InChI is InChI=1S/C29H25Cl2N9O6/c1-37-13-17(31)11-20(26(37)41)40-22(15-5-7-16(30)8-6-15)23-21(27(40)42)33-24(18-12-32-29(46-3)34-25(18)45-2)39(23)10-4-9-38-14-19(28(43)44)35-36-38/h5-8,11-14,22H,4,9-10H2,1-3H3,(H,43,44). The Morgan fingerprint density at radius 1 is 1.02 bits per heavy atom. The third kappa shape index (κ3) is 5.43. The van der Waals surface area contributed by atoms with Crippen molar-refractivity contribution in [2.45, 2.75) is 25.6 Å². The zero-order chi connectivity index (χ0) is 32.7. The normalized spacial score (nSPS) is 14.1. The van der Waals surface area contributed by atoms with Crippen LogP contribution in [0, 0.1) is 0 Å². The van der Waals surface area contributed by atoms with Gasteiger partial charge in [0.2, 0.25) is 5.88 Å². The summed E-state index contributed by atoms with van der Waals surface area (Å²) in [4.78, 5) is 53.7. The second-order valence-electron chi connectivity index (χ2n) is 10.2. The zero-order valence-corrected chi connectivity index (χ0v) is 26.1. The highest BCUT2D eigenvalue weighted by Gasteiger charge is 2.45. The lowest BCUT2D eigenvalue weighted by Crippen LogP contribution is -2.35. The highest BCUT2D eigenvalue weighted by atomic mass is 35.5. The molecule has 6 rings (SSSR count). The largest absolute Gasteiger partial charge is 0.480 e. The van der Waals surface area contributed by atoms with E-state index in [2.05, 4.69) is 20.3 Å². The fourth-order valence-electron chi connectivity index (χ4n) is 5.37. The molecule has 1 atom stereocenters. The van der Waals surface area contributed by atoms with Gasteiger partial charge in [-0.3, -0.25) is 19.2 Å². The smallest absolute Gasteiger partial charge is 0.358 e. The third-order valence-corrected chi connectivity index (χ3v) is 7.86. The van der Waals surface area contributed by atoms with Crippen molar-refractivity contribution in [2.24, 2.45) is 7.05 Å². The molecule has 17 heteroatoms. The van der Waals surface area contributed by atoms with E-state index in [9.17, 15) is 19.5 Å². The number of pyridine rings is 1. The Kier molecular flexibility index (Phi) is 8.19. The number of amides is 1. The number of rotatable bonds is 10. The van der Waals surface area contributed by atoms with Crippen LogP contribution in [0.5, 0.6) is 11.9 Å². The lowest BCUT2D eigenvalue weighted by molar-refractivity contribution is 0.0690. The van der Waals surface area contributed by atoms with E-state index in [-0.39, 0.29) is 40.5 Å². The van der Waals surface area contributed by atoms with E-state index < -0.39 is 23.5 Å². The molecule has 236 valence electrons. The number of nitrogens with zero attached hydrogens (tertiary/aromatic N) is 9. The molecule has 1 N–H and O–H groups in total. The topological polar surface area (TPSA) is 172 Å². The summed E-state index contributed by atoms with van der Waals surface area (Å²) in [7, 11) is 4.42. The first-order valence-electron chi connectivity index (χ1n) is 13.8. The van der Waals surface area contributed by atoms with Crippen molar-refractivity contribution in [3.63, 3.8) is 0 Å². The third-order valence-electron chi connectivity index (χ3n) is 7.40. The zero-order valence-electron chi connectivity index (χ0n) is 24.6. The Morgan fingerprint density at radius 2 is 1.78 bits per heavy atom. The maximum atomic E-state index is 14.3. The number of halogens is 2. The maximum Gasteiger partial charge on any atom is 0.358 e. The number of hydrogen-bond acceptors (Lipinski definition) is 10. The van der Waals surface area contributed by atoms with Crippen LogP contribution >= 0.6 is 23.2 Å². The Balaban J connectivity index is 1.54. The fourth-order valence-corrected chi connectivity index (χ4v) is 5.74. The van der Waals surface area contributed by atoms with Crippen LogP contribution in [0.15, 0.2) is 53.7 Å². The molecule has 4 aromatic heterocycles. The van der Waals surface area contributed by atoms with Gasteiger partial charge in [0.1, 0.15) is 17.6 Å². The minimum absolute atomic E-state index is 0.0697. The highest BCUT2D eigenvalue weighted by molar-refractivity contribution is 6.31. The molecule has 0 bridgehead atoms. The number of carbonyl (C=O) groups is 2. The van der Waals surface area contributed by atoms with Crippen molar-refractivity contribution in [1.29, 1.82) is 0 Å². The summed E-state index contributed by atoms with van der Waals surface area (Å²) in [5.74, 6) is -1.22. The van der Waals surface area contributed by atoms with Crippen LogP contribution in [-0.4, -0.2) is 70.3 Å². The number of carboxylic acids is 1. The quantitative estimate of drug-likeness (QED) is 0.231. The van der Waals surface area contributed by atoms with E-state index >= 15 is 0 Å². The summed E-state index contributed by atoms with van der Waals surface area (Å²) >= 11 is 12.6. The van der Waals surface area contributed by atoms with Crippen LogP contribution in [0.4, 0.5) is 5.69 Å². The molecule has 0 aliphatic carbocycles. The molecule has 0 fully saturated rings. The van der Waals surface area contributed by atoms with Crippen LogP contribution in [0.3, 0.4) is 0 Å². The van der Waals surface area contributed by atoms with Gasteiger partial charge in [-0.25, -0.2) is 14.8 Å². The number of aryl methyl sites for hydroxylation is 2. The number of hydrogen-bond donors (Lipinski definition) is 1. The molecular weight excluding hydrogens is 641 g/mol. The number of carboxylic acid groups (broad SMARTS) is 1. The number of aromatic carboxylic acids is 1. The number of ether oxygens (including phenoxy) is 2. The molecule has 46 heavy (non-hydrogen) atoms. The maximum absolute atomic E-state index is 14.3. The van der Waals surface area contributed by atoms with E-state index in [1.165, 1.54) is 53.0 Å². The minimum atomic E-state index is -1.19.